The summed E-state index contributed by atoms with van der Waals surface area (Å²) < 4.78 is 16.8. The molecule has 4 nitrogen and oxygen atoms in total. The summed E-state index contributed by atoms with van der Waals surface area (Å²) in [5.74, 6) is 0.900. The van der Waals surface area contributed by atoms with E-state index in [1.54, 1.807) is 18.2 Å². The molecule has 0 N–H and O–H groups in total. The molecule has 2 rings (SSSR count). The summed E-state index contributed by atoms with van der Waals surface area (Å²) in [5.41, 5.74) is 1.89. The van der Waals surface area contributed by atoms with E-state index in [1.807, 2.05) is 19.9 Å². The Kier molecular flexibility index (Phi) is 5.55. The summed E-state index contributed by atoms with van der Waals surface area (Å²) in [4.78, 5) is 12.4. The van der Waals surface area contributed by atoms with Crippen molar-refractivity contribution in [3.05, 3.63) is 50.5 Å². The summed E-state index contributed by atoms with van der Waals surface area (Å²) >= 11 is 9.50. The predicted molar refractivity (Wildman–Crippen MR) is 93.1 cm³/mol. The second-order valence-electron chi connectivity index (χ2n) is 4.93. The molecule has 2 aromatic rings. The van der Waals surface area contributed by atoms with Crippen LogP contribution in [0.1, 0.15) is 21.5 Å². The van der Waals surface area contributed by atoms with Crippen molar-refractivity contribution in [3.8, 4) is 17.2 Å². The van der Waals surface area contributed by atoms with Gasteiger partial charge >= 0.3 is 5.97 Å². The van der Waals surface area contributed by atoms with Gasteiger partial charge in [0.05, 0.1) is 24.8 Å². The molecule has 0 radical (unpaired) electrons. The third kappa shape index (κ3) is 3.79. The lowest BCUT2D eigenvalue weighted by molar-refractivity contribution is 0.0733. The predicted octanol–water partition coefficient (Wildman–Crippen LogP) is 4.96. The van der Waals surface area contributed by atoms with Gasteiger partial charge in [-0.15, -0.1) is 0 Å². The molecule has 0 fully saturated rings. The summed E-state index contributed by atoms with van der Waals surface area (Å²) in [6, 6.07) is 6.73. The molecule has 6 heteroatoms. The van der Waals surface area contributed by atoms with Gasteiger partial charge in [0, 0.05) is 10.0 Å². The van der Waals surface area contributed by atoms with Crippen molar-refractivity contribution in [2.24, 2.45) is 0 Å². The van der Waals surface area contributed by atoms with Crippen LogP contribution in [0.2, 0.25) is 5.02 Å². The number of carbonyl (C=O) groups excluding carboxylic acids is 1. The maximum atomic E-state index is 12.4. The summed E-state index contributed by atoms with van der Waals surface area (Å²) in [6.07, 6.45) is 0. The molecule has 0 saturated heterocycles. The van der Waals surface area contributed by atoms with Crippen LogP contribution >= 0.6 is 27.5 Å². The van der Waals surface area contributed by atoms with Gasteiger partial charge in [-0.25, -0.2) is 4.79 Å². The molecule has 0 bridgehead atoms. The molecule has 0 unspecified atom stereocenters. The number of rotatable bonds is 4. The van der Waals surface area contributed by atoms with Crippen LogP contribution in [0.15, 0.2) is 28.7 Å². The van der Waals surface area contributed by atoms with Crippen LogP contribution in [-0.2, 0) is 0 Å². The van der Waals surface area contributed by atoms with Crippen molar-refractivity contribution in [1.82, 2.24) is 0 Å². The van der Waals surface area contributed by atoms with E-state index in [9.17, 15) is 4.79 Å². The lowest BCUT2D eigenvalue weighted by Gasteiger charge is -2.13. The molecule has 0 aliphatic heterocycles. The Morgan fingerprint density at radius 2 is 1.61 bits per heavy atom. The van der Waals surface area contributed by atoms with Gasteiger partial charge in [-0.3, -0.25) is 0 Å². The first-order valence-corrected chi connectivity index (χ1v) is 7.95. The summed E-state index contributed by atoms with van der Waals surface area (Å²) in [7, 11) is 3.07. The highest BCUT2D eigenvalue weighted by Crippen LogP contribution is 2.34. The molecule has 2 aromatic carbocycles. The van der Waals surface area contributed by atoms with Crippen molar-refractivity contribution < 1.29 is 19.0 Å². The molecule has 0 aliphatic rings. The van der Waals surface area contributed by atoms with Crippen LogP contribution in [0.5, 0.6) is 17.2 Å². The van der Waals surface area contributed by atoms with Crippen molar-refractivity contribution in [1.29, 1.82) is 0 Å². The van der Waals surface area contributed by atoms with E-state index in [1.165, 1.54) is 14.2 Å². The molecule has 0 spiro atoms. The molecular formula is C17H16BrClO4. The molecule has 0 amide bonds. The number of halogens is 2. The van der Waals surface area contributed by atoms with Crippen LogP contribution in [-0.4, -0.2) is 20.2 Å². The van der Waals surface area contributed by atoms with Gasteiger partial charge < -0.3 is 14.2 Å². The minimum atomic E-state index is -0.533. The first-order valence-electron chi connectivity index (χ1n) is 6.77. The highest BCUT2D eigenvalue weighted by atomic mass is 79.9. The average molecular weight is 400 g/mol. The number of esters is 1. The molecule has 0 aliphatic carbocycles. The molecule has 0 atom stereocenters. The number of benzene rings is 2. The number of hydrogen-bond acceptors (Lipinski definition) is 4. The van der Waals surface area contributed by atoms with E-state index in [2.05, 4.69) is 15.9 Å². The van der Waals surface area contributed by atoms with E-state index >= 15 is 0 Å². The fraction of sp³-hybridized carbons (Fsp3) is 0.235. The van der Waals surface area contributed by atoms with E-state index in [0.29, 0.717) is 27.8 Å². The summed E-state index contributed by atoms with van der Waals surface area (Å²) in [5, 5.41) is 0.358. The Labute approximate surface area is 148 Å². The lowest BCUT2D eigenvalue weighted by Crippen LogP contribution is -2.11. The van der Waals surface area contributed by atoms with E-state index in [4.69, 9.17) is 25.8 Å². The first-order chi connectivity index (χ1) is 10.9. The highest BCUT2D eigenvalue weighted by molar-refractivity contribution is 9.10. The Bertz CT molecular complexity index is 710. The standard InChI is InChI=1S/C17H16BrClO4/c1-9-5-12(18)8-13(19)16(9)23-17(20)11-6-14(21-3)10(2)15(7-11)22-4/h5-8H,1-4H3. The van der Waals surface area contributed by atoms with Gasteiger partial charge in [0.1, 0.15) is 11.5 Å². The maximum Gasteiger partial charge on any atom is 0.343 e. The Hall–Kier alpha value is -1.72. The lowest BCUT2D eigenvalue weighted by atomic mass is 10.1. The smallest absolute Gasteiger partial charge is 0.343 e. The van der Waals surface area contributed by atoms with E-state index in [-0.39, 0.29) is 0 Å². The number of ether oxygens (including phenoxy) is 3. The monoisotopic (exact) mass is 398 g/mol. The largest absolute Gasteiger partial charge is 0.496 e. The zero-order chi connectivity index (χ0) is 17.1. The van der Waals surface area contributed by atoms with Crippen molar-refractivity contribution in [2.45, 2.75) is 13.8 Å². The zero-order valence-electron chi connectivity index (χ0n) is 13.2. The molecule has 23 heavy (non-hydrogen) atoms. The fourth-order valence-corrected chi connectivity index (χ4v) is 3.18. The minimum Gasteiger partial charge on any atom is -0.496 e. The topological polar surface area (TPSA) is 44.8 Å². The van der Waals surface area contributed by atoms with E-state index in [0.717, 1.165) is 15.6 Å². The minimum absolute atomic E-state index is 0.322. The Morgan fingerprint density at radius 3 is 2.09 bits per heavy atom. The number of methoxy groups -OCH3 is 2. The van der Waals surface area contributed by atoms with Gasteiger partial charge in [-0.05, 0) is 43.7 Å². The molecule has 0 saturated carbocycles. The van der Waals surface area contributed by atoms with Crippen LogP contribution < -0.4 is 14.2 Å². The van der Waals surface area contributed by atoms with Crippen LogP contribution in [0.25, 0.3) is 0 Å². The number of hydrogen-bond donors (Lipinski definition) is 0. The van der Waals surface area contributed by atoms with Crippen LogP contribution in [0.3, 0.4) is 0 Å². The third-order valence-electron chi connectivity index (χ3n) is 3.38. The Morgan fingerprint density at radius 1 is 1.04 bits per heavy atom. The third-order valence-corrected chi connectivity index (χ3v) is 4.12. The molecule has 0 aromatic heterocycles. The van der Waals surface area contributed by atoms with Crippen molar-refractivity contribution in [2.75, 3.05) is 14.2 Å². The van der Waals surface area contributed by atoms with Gasteiger partial charge in [0.15, 0.2) is 5.75 Å². The van der Waals surface area contributed by atoms with Gasteiger partial charge in [-0.2, -0.15) is 0 Å². The molecule has 122 valence electrons. The normalized spacial score (nSPS) is 10.3. The van der Waals surface area contributed by atoms with Crippen molar-refractivity contribution in [3.63, 3.8) is 0 Å². The molecule has 0 heterocycles. The summed E-state index contributed by atoms with van der Waals surface area (Å²) in [6.45, 7) is 3.66. The quantitative estimate of drug-likeness (QED) is 0.539. The Balaban J connectivity index is 2.39. The van der Waals surface area contributed by atoms with Crippen LogP contribution in [0.4, 0.5) is 0 Å². The number of aryl methyl sites for hydroxylation is 1. The average Bonchev–Trinajstić information content (AvgIpc) is 2.50. The van der Waals surface area contributed by atoms with E-state index < -0.39 is 5.97 Å². The van der Waals surface area contributed by atoms with Gasteiger partial charge in [-0.1, -0.05) is 27.5 Å². The highest BCUT2D eigenvalue weighted by Gasteiger charge is 2.18. The maximum absolute atomic E-state index is 12.4. The van der Waals surface area contributed by atoms with Gasteiger partial charge in [0.25, 0.3) is 0 Å². The first kappa shape index (κ1) is 17.6. The SMILES string of the molecule is COc1cc(C(=O)Oc2c(C)cc(Br)cc2Cl)cc(OC)c1C. The van der Waals surface area contributed by atoms with Crippen LogP contribution in [0, 0.1) is 13.8 Å². The van der Waals surface area contributed by atoms with Crippen molar-refractivity contribution >= 4 is 33.5 Å². The second kappa shape index (κ2) is 7.23. The fourth-order valence-electron chi connectivity index (χ4n) is 2.17. The second-order valence-corrected chi connectivity index (χ2v) is 6.25. The molecular weight excluding hydrogens is 384 g/mol. The zero-order valence-corrected chi connectivity index (χ0v) is 15.5. The number of carbonyl (C=O) groups is 1. The van der Waals surface area contributed by atoms with Gasteiger partial charge in [0.2, 0.25) is 0 Å².